The summed E-state index contributed by atoms with van der Waals surface area (Å²) in [7, 11) is -2.15. The molecule has 202 valence electrons. The number of halogens is 1. The van der Waals surface area contributed by atoms with Gasteiger partial charge in [-0.1, -0.05) is 72.3 Å². The molecule has 0 bridgehead atoms. The van der Waals surface area contributed by atoms with Crippen molar-refractivity contribution in [2.45, 2.75) is 43.7 Å². The Kier molecular flexibility index (Phi) is 10.9. The van der Waals surface area contributed by atoms with Crippen molar-refractivity contribution in [3.63, 3.8) is 0 Å². The third-order valence-corrected chi connectivity index (χ3v) is 8.33. The van der Waals surface area contributed by atoms with Crippen molar-refractivity contribution in [3.05, 3.63) is 101 Å². The molecular formula is C29H34ClN3O4S. The van der Waals surface area contributed by atoms with Crippen LogP contribution in [0.15, 0.2) is 89.8 Å². The van der Waals surface area contributed by atoms with E-state index in [2.05, 4.69) is 5.32 Å². The molecule has 3 aromatic carbocycles. The molecule has 0 aliphatic rings. The molecule has 7 nitrogen and oxygen atoms in total. The second-order valence-electron chi connectivity index (χ2n) is 8.99. The molecule has 1 atom stereocenters. The number of hydrogen-bond acceptors (Lipinski definition) is 4. The SMILES string of the molecule is CCNC(=O)[C@@H](Cc1ccccc1)N(Cc1ccc(Cl)cc1)C(=O)CCCN(C)S(=O)(=O)c1ccccc1. The predicted molar refractivity (Wildman–Crippen MR) is 150 cm³/mol. The normalized spacial score (nSPS) is 12.2. The average molecular weight is 556 g/mol. The minimum Gasteiger partial charge on any atom is -0.355 e. The van der Waals surface area contributed by atoms with E-state index in [0.717, 1.165) is 11.1 Å². The fraction of sp³-hybridized carbons (Fsp3) is 0.310. The smallest absolute Gasteiger partial charge is 0.243 e. The van der Waals surface area contributed by atoms with Crippen molar-refractivity contribution in [2.75, 3.05) is 20.1 Å². The lowest BCUT2D eigenvalue weighted by Crippen LogP contribution is -2.50. The Balaban J connectivity index is 1.79. The second kappa shape index (κ2) is 14.1. The number of sulfonamides is 1. The topological polar surface area (TPSA) is 86.8 Å². The van der Waals surface area contributed by atoms with Crippen molar-refractivity contribution >= 4 is 33.4 Å². The third-order valence-electron chi connectivity index (χ3n) is 6.20. The number of benzene rings is 3. The summed E-state index contributed by atoms with van der Waals surface area (Å²) in [5.41, 5.74) is 1.78. The van der Waals surface area contributed by atoms with E-state index >= 15 is 0 Å². The van der Waals surface area contributed by atoms with E-state index in [0.29, 0.717) is 24.4 Å². The molecule has 0 aliphatic heterocycles. The predicted octanol–water partition coefficient (Wildman–Crippen LogP) is 4.52. The van der Waals surface area contributed by atoms with Gasteiger partial charge in [-0.05, 0) is 48.7 Å². The number of carbonyl (C=O) groups is 2. The maximum Gasteiger partial charge on any atom is 0.243 e. The number of rotatable bonds is 13. The lowest BCUT2D eigenvalue weighted by Gasteiger charge is -2.31. The van der Waals surface area contributed by atoms with Gasteiger partial charge >= 0.3 is 0 Å². The summed E-state index contributed by atoms with van der Waals surface area (Å²) < 4.78 is 27.0. The van der Waals surface area contributed by atoms with Crippen LogP contribution in [-0.2, 0) is 32.6 Å². The number of amides is 2. The molecule has 0 saturated carbocycles. The molecule has 1 N–H and O–H groups in total. The number of nitrogens with one attached hydrogen (secondary N) is 1. The van der Waals surface area contributed by atoms with E-state index < -0.39 is 16.1 Å². The fourth-order valence-corrected chi connectivity index (χ4v) is 5.48. The van der Waals surface area contributed by atoms with Crippen molar-refractivity contribution < 1.29 is 18.0 Å². The molecule has 3 aromatic rings. The van der Waals surface area contributed by atoms with Crippen LogP contribution in [0.2, 0.25) is 5.02 Å². The van der Waals surface area contributed by atoms with Gasteiger partial charge in [0, 0.05) is 44.5 Å². The first-order valence-corrected chi connectivity index (χ1v) is 14.4. The third kappa shape index (κ3) is 8.15. The highest BCUT2D eigenvalue weighted by Gasteiger charge is 2.30. The molecule has 9 heteroatoms. The number of likely N-dealkylation sites (N-methyl/N-ethyl adjacent to an activating group) is 1. The first-order chi connectivity index (χ1) is 18.2. The lowest BCUT2D eigenvalue weighted by atomic mass is 10.0. The number of carbonyl (C=O) groups excluding carboxylic acids is 2. The van der Waals surface area contributed by atoms with Crippen molar-refractivity contribution in [2.24, 2.45) is 0 Å². The molecule has 0 spiro atoms. The Labute approximate surface area is 230 Å². The first-order valence-electron chi connectivity index (χ1n) is 12.6. The maximum atomic E-state index is 13.6. The van der Waals surface area contributed by atoms with E-state index in [9.17, 15) is 18.0 Å². The van der Waals surface area contributed by atoms with Crippen LogP contribution < -0.4 is 5.32 Å². The van der Waals surface area contributed by atoms with Gasteiger partial charge in [-0.3, -0.25) is 9.59 Å². The van der Waals surface area contributed by atoms with Crippen LogP contribution in [0, 0.1) is 0 Å². The molecule has 0 heterocycles. The highest BCUT2D eigenvalue weighted by molar-refractivity contribution is 7.89. The molecule has 2 amide bonds. The Morgan fingerprint density at radius 1 is 0.895 bits per heavy atom. The molecular weight excluding hydrogens is 522 g/mol. The molecule has 0 fully saturated rings. The zero-order chi connectivity index (χ0) is 27.5. The van der Waals surface area contributed by atoms with Gasteiger partial charge in [-0.25, -0.2) is 12.7 Å². The van der Waals surface area contributed by atoms with Gasteiger partial charge in [-0.2, -0.15) is 0 Å². The van der Waals surface area contributed by atoms with Crippen molar-refractivity contribution in [3.8, 4) is 0 Å². The van der Waals surface area contributed by atoms with Crippen molar-refractivity contribution in [1.29, 1.82) is 0 Å². The van der Waals surface area contributed by atoms with Gasteiger partial charge in [0.25, 0.3) is 0 Å². The van der Waals surface area contributed by atoms with E-state index in [4.69, 9.17) is 11.6 Å². The lowest BCUT2D eigenvalue weighted by molar-refractivity contribution is -0.141. The fourth-order valence-electron chi connectivity index (χ4n) is 4.12. The van der Waals surface area contributed by atoms with E-state index in [1.165, 1.54) is 11.4 Å². The minimum absolute atomic E-state index is 0.0902. The summed E-state index contributed by atoms with van der Waals surface area (Å²) in [6, 6.07) is 24.2. The summed E-state index contributed by atoms with van der Waals surface area (Å²) in [4.78, 5) is 28.6. The van der Waals surface area contributed by atoms with E-state index in [1.807, 2.05) is 49.4 Å². The van der Waals surface area contributed by atoms with Gasteiger partial charge in [0.2, 0.25) is 21.8 Å². The highest BCUT2D eigenvalue weighted by atomic mass is 35.5. The summed E-state index contributed by atoms with van der Waals surface area (Å²) in [5.74, 6) is -0.458. The Hall–Kier alpha value is -3.20. The van der Waals surface area contributed by atoms with Crippen molar-refractivity contribution in [1.82, 2.24) is 14.5 Å². The van der Waals surface area contributed by atoms with Crippen LogP contribution in [0.1, 0.15) is 30.9 Å². The summed E-state index contributed by atoms with van der Waals surface area (Å²) in [6.07, 6.45) is 0.757. The zero-order valence-electron chi connectivity index (χ0n) is 21.7. The van der Waals surface area contributed by atoms with Crippen LogP contribution in [0.4, 0.5) is 0 Å². The van der Waals surface area contributed by atoms with Gasteiger partial charge < -0.3 is 10.2 Å². The Bertz CT molecular complexity index is 1290. The molecule has 0 saturated heterocycles. The molecule has 0 aliphatic carbocycles. The second-order valence-corrected chi connectivity index (χ2v) is 11.5. The van der Waals surface area contributed by atoms with Gasteiger partial charge in [0.15, 0.2) is 0 Å². The minimum atomic E-state index is -3.66. The van der Waals surface area contributed by atoms with Gasteiger partial charge in [0.05, 0.1) is 4.90 Å². The average Bonchev–Trinajstić information content (AvgIpc) is 2.92. The summed E-state index contributed by atoms with van der Waals surface area (Å²) in [5, 5.41) is 3.45. The summed E-state index contributed by atoms with van der Waals surface area (Å²) in [6.45, 7) is 2.67. The van der Waals surface area contributed by atoms with E-state index in [1.54, 1.807) is 47.4 Å². The summed E-state index contributed by atoms with van der Waals surface area (Å²) >= 11 is 6.05. The Morgan fingerprint density at radius 3 is 2.11 bits per heavy atom. The quantitative estimate of drug-likeness (QED) is 0.336. The van der Waals surface area contributed by atoms with E-state index in [-0.39, 0.29) is 36.2 Å². The molecule has 3 rings (SSSR count). The Morgan fingerprint density at radius 2 is 1.50 bits per heavy atom. The molecule has 0 unspecified atom stereocenters. The van der Waals surface area contributed by atoms with Crippen LogP contribution in [0.3, 0.4) is 0 Å². The molecule has 38 heavy (non-hydrogen) atoms. The van der Waals surface area contributed by atoms with Crippen LogP contribution >= 0.6 is 11.6 Å². The molecule has 0 radical (unpaired) electrons. The van der Waals surface area contributed by atoms with Gasteiger partial charge in [0.1, 0.15) is 6.04 Å². The first kappa shape index (κ1) is 29.4. The van der Waals surface area contributed by atoms with Gasteiger partial charge in [-0.15, -0.1) is 0 Å². The molecule has 0 aromatic heterocycles. The van der Waals surface area contributed by atoms with Crippen LogP contribution in [0.25, 0.3) is 0 Å². The maximum absolute atomic E-state index is 13.6. The highest BCUT2D eigenvalue weighted by Crippen LogP contribution is 2.19. The van der Waals surface area contributed by atoms with Crippen LogP contribution in [0.5, 0.6) is 0 Å². The number of hydrogen-bond donors (Lipinski definition) is 1. The number of nitrogens with zero attached hydrogens (tertiary/aromatic N) is 2. The largest absolute Gasteiger partial charge is 0.355 e. The zero-order valence-corrected chi connectivity index (χ0v) is 23.3. The monoisotopic (exact) mass is 555 g/mol. The van der Waals surface area contributed by atoms with Crippen LogP contribution in [-0.4, -0.2) is 55.6 Å². The standard InChI is InChI=1S/C29H34ClN3O4S/c1-3-31-29(35)27(21-23-11-6-4-7-12-23)33(22-24-16-18-25(30)19-17-24)28(34)15-10-20-32(2)38(36,37)26-13-8-5-9-14-26/h4-9,11-14,16-19,27H,3,10,15,20-22H2,1-2H3,(H,31,35)/t27-/m1/s1.